The fourth-order valence-electron chi connectivity index (χ4n) is 4.17. The van der Waals surface area contributed by atoms with Crippen LogP contribution in [-0.2, 0) is 0 Å². The smallest absolute Gasteiger partial charge is 0.0983 e. The summed E-state index contributed by atoms with van der Waals surface area (Å²) in [4.78, 5) is 4.54. The Kier molecular flexibility index (Phi) is 6.69. The third-order valence-corrected chi connectivity index (χ3v) is 6.57. The molecule has 3 aliphatic rings. The molecule has 0 amide bonds. The first-order valence-corrected chi connectivity index (χ1v) is 11.6. The zero-order valence-electron chi connectivity index (χ0n) is 19.2. The van der Waals surface area contributed by atoms with E-state index in [0.717, 1.165) is 49.6 Å². The summed E-state index contributed by atoms with van der Waals surface area (Å²) in [6.07, 6.45) is 16.1. The normalized spacial score (nSPS) is 21.3. The second-order valence-corrected chi connectivity index (χ2v) is 9.09. The molecule has 4 rings (SSSR count). The van der Waals surface area contributed by atoms with Crippen molar-refractivity contribution in [3.05, 3.63) is 71.3 Å². The number of hydrogen-bond donors (Lipinski definition) is 3. The maximum absolute atomic E-state index is 9.48. The summed E-state index contributed by atoms with van der Waals surface area (Å²) in [5, 5.41) is 12.9. The van der Waals surface area contributed by atoms with Crippen LogP contribution in [0.3, 0.4) is 0 Å². The number of hydrazine groups is 1. The minimum atomic E-state index is -0.426. The summed E-state index contributed by atoms with van der Waals surface area (Å²) in [5.74, 6) is 5.72. The topological polar surface area (TPSA) is 80.1 Å². The molecule has 0 unspecified atom stereocenters. The Labute approximate surface area is 191 Å². The Morgan fingerprint density at radius 1 is 1.28 bits per heavy atom. The Morgan fingerprint density at radius 2 is 2.12 bits per heavy atom. The van der Waals surface area contributed by atoms with Crippen LogP contribution >= 0.6 is 0 Å². The lowest BCUT2D eigenvalue weighted by Gasteiger charge is -2.17. The van der Waals surface area contributed by atoms with Gasteiger partial charge in [-0.3, -0.25) is 5.84 Å². The van der Waals surface area contributed by atoms with Crippen molar-refractivity contribution < 1.29 is 0 Å². The number of hydrogen-bond acceptors (Lipinski definition) is 6. The van der Waals surface area contributed by atoms with Gasteiger partial charge in [-0.15, -0.1) is 0 Å². The zero-order valence-corrected chi connectivity index (χ0v) is 19.2. The van der Waals surface area contributed by atoms with Gasteiger partial charge in [0.05, 0.1) is 17.2 Å². The molecule has 2 heterocycles. The number of rotatable bonds is 5. The predicted molar refractivity (Wildman–Crippen MR) is 131 cm³/mol. The van der Waals surface area contributed by atoms with Gasteiger partial charge in [0.2, 0.25) is 0 Å². The van der Waals surface area contributed by atoms with Crippen LogP contribution in [0.2, 0.25) is 0 Å². The largest absolute Gasteiger partial charge is 0.391 e. The van der Waals surface area contributed by atoms with Crippen LogP contribution in [0.25, 0.3) is 5.57 Å². The highest BCUT2D eigenvalue weighted by Crippen LogP contribution is 2.51. The van der Waals surface area contributed by atoms with Gasteiger partial charge in [0.1, 0.15) is 0 Å². The number of aryl methyl sites for hydroxylation is 1. The van der Waals surface area contributed by atoms with E-state index in [9.17, 15) is 5.26 Å². The maximum atomic E-state index is 9.48. The lowest BCUT2D eigenvalue weighted by molar-refractivity contribution is 0.357. The van der Waals surface area contributed by atoms with E-state index in [1.165, 1.54) is 36.0 Å². The molecule has 1 aromatic carbocycles. The molecule has 0 aromatic heterocycles. The predicted octanol–water partition coefficient (Wildman–Crippen LogP) is 3.91. The lowest BCUT2D eigenvalue weighted by atomic mass is 9.99. The number of benzene rings is 1. The van der Waals surface area contributed by atoms with Crippen molar-refractivity contribution in [1.29, 1.82) is 5.26 Å². The van der Waals surface area contributed by atoms with Crippen molar-refractivity contribution >= 4 is 11.3 Å². The third kappa shape index (κ3) is 5.07. The molecule has 32 heavy (non-hydrogen) atoms. The number of nitrogens with one attached hydrogen (secondary N) is 2. The SMILES string of the molecule is Cc1ccc(N2C=C2/C=C(\NN)C2(C#N)CC2)cc1C1=CCN(C)CCCCCNC=C1. The number of anilines is 1. The standard InChI is InChI=1S/C26H34N6/c1-20-6-7-22(32-18-23(32)17-25(30-28)26(19-27)10-11-26)16-24(20)21-8-13-29-12-4-3-5-14-31(2)15-9-21/h6-9,13,16-18,29-30H,3-5,10-12,14-15,28H2,1-2H3/b13-8?,21-9?,25-17-. The molecule has 0 radical (unpaired) electrons. The van der Waals surface area contributed by atoms with E-state index in [-0.39, 0.29) is 0 Å². The number of nitriles is 1. The van der Waals surface area contributed by atoms with Gasteiger partial charge >= 0.3 is 0 Å². The first-order chi connectivity index (χ1) is 15.6. The molecule has 0 bridgehead atoms. The molecule has 1 saturated carbocycles. The van der Waals surface area contributed by atoms with Crippen molar-refractivity contribution in [2.75, 3.05) is 31.6 Å². The van der Waals surface area contributed by atoms with E-state index in [1.807, 2.05) is 6.08 Å². The highest BCUT2D eigenvalue weighted by molar-refractivity contribution is 5.80. The first kappa shape index (κ1) is 22.2. The summed E-state index contributed by atoms with van der Waals surface area (Å²) in [7, 11) is 2.19. The summed E-state index contributed by atoms with van der Waals surface area (Å²) < 4.78 is 0. The first-order valence-electron chi connectivity index (χ1n) is 11.6. The molecule has 1 fully saturated rings. The molecule has 168 valence electrons. The summed E-state index contributed by atoms with van der Waals surface area (Å²) in [6.45, 7) is 5.24. The third-order valence-electron chi connectivity index (χ3n) is 6.57. The zero-order chi connectivity index (χ0) is 22.6. The molecule has 2 aliphatic heterocycles. The van der Waals surface area contributed by atoms with Gasteiger partial charge in [-0.25, -0.2) is 0 Å². The second kappa shape index (κ2) is 9.64. The minimum Gasteiger partial charge on any atom is -0.391 e. The number of allylic oxidation sites excluding steroid dienone is 4. The average molecular weight is 431 g/mol. The van der Waals surface area contributed by atoms with Gasteiger partial charge < -0.3 is 20.5 Å². The van der Waals surface area contributed by atoms with Crippen molar-refractivity contribution in [3.8, 4) is 6.07 Å². The molecular formula is C26H34N6. The van der Waals surface area contributed by atoms with E-state index in [1.54, 1.807) is 0 Å². The molecule has 4 N–H and O–H groups in total. The van der Waals surface area contributed by atoms with Gasteiger partial charge in [-0.05, 0) is 93.4 Å². The molecule has 0 saturated heterocycles. The second-order valence-electron chi connectivity index (χ2n) is 9.09. The molecule has 6 nitrogen and oxygen atoms in total. The highest BCUT2D eigenvalue weighted by atomic mass is 15.3. The van der Waals surface area contributed by atoms with Crippen LogP contribution < -0.4 is 21.5 Å². The number of nitrogens with zero attached hydrogens (tertiary/aromatic N) is 3. The van der Waals surface area contributed by atoms with Crippen LogP contribution in [0, 0.1) is 23.7 Å². The van der Waals surface area contributed by atoms with E-state index in [0.29, 0.717) is 0 Å². The van der Waals surface area contributed by atoms with Gasteiger partial charge in [0, 0.05) is 30.7 Å². The van der Waals surface area contributed by atoms with Crippen LogP contribution in [0.15, 0.2) is 60.2 Å². The van der Waals surface area contributed by atoms with Crippen LogP contribution in [0.5, 0.6) is 0 Å². The van der Waals surface area contributed by atoms with E-state index < -0.39 is 5.41 Å². The highest BCUT2D eigenvalue weighted by Gasteiger charge is 2.47. The average Bonchev–Trinajstić information content (AvgIpc) is 3.71. The van der Waals surface area contributed by atoms with Crippen molar-refractivity contribution in [2.24, 2.45) is 11.3 Å². The van der Waals surface area contributed by atoms with Gasteiger partial charge in [-0.2, -0.15) is 5.26 Å². The van der Waals surface area contributed by atoms with E-state index >= 15 is 0 Å². The Balaban J connectivity index is 1.54. The Bertz CT molecular complexity index is 1010. The molecule has 6 heteroatoms. The van der Waals surface area contributed by atoms with E-state index in [4.69, 9.17) is 5.84 Å². The Hall–Kier alpha value is -3.01. The molecule has 0 spiro atoms. The number of nitrogens with two attached hydrogens (primary N) is 1. The quantitative estimate of drug-likeness (QED) is 0.485. The molecule has 1 aromatic rings. The lowest BCUT2D eigenvalue weighted by Crippen LogP contribution is -2.27. The molecule has 0 atom stereocenters. The van der Waals surface area contributed by atoms with Gasteiger partial charge in [-0.1, -0.05) is 18.6 Å². The van der Waals surface area contributed by atoms with Crippen molar-refractivity contribution in [2.45, 2.75) is 39.0 Å². The summed E-state index contributed by atoms with van der Waals surface area (Å²) >= 11 is 0. The molecular weight excluding hydrogens is 396 g/mol. The van der Waals surface area contributed by atoms with Crippen molar-refractivity contribution in [1.82, 2.24) is 15.6 Å². The summed E-state index contributed by atoms with van der Waals surface area (Å²) in [6, 6.07) is 8.98. The molecule has 1 aliphatic carbocycles. The number of likely N-dealkylation sites (N-methyl/N-ethyl adjacent to an activating group) is 1. The van der Waals surface area contributed by atoms with Crippen LogP contribution in [-0.4, -0.2) is 31.6 Å². The Morgan fingerprint density at radius 3 is 2.88 bits per heavy atom. The fourth-order valence-corrected chi connectivity index (χ4v) is 4.17. The minimum absolute atomic E-state index is 0.426. The monoisotopic (exact) mass is 430 g/mol. The van der Waals surface area contributed by atoms with Crippen molar-refractivity contribution in [3.63, 3.8) is 0 Å². The van der Waals surface area contributed by atoms with Crippen LogP contribution in [0.4, 0.5) is 5.69 Å². The van der Waals surface area contributed by atoms with Crippen LogP contribution in [0.1, 0.15) is 43.2 Å². The summed E-state index contributed by atoms with van der Waals surface area (Å²) in [5.41, 5.74) is 9.04. The fraction of sp³-hybridized carbons (Fsp3) is 0.423. The maximum Gasteiger partial charge on any atom is 0.0983 e. The van der Waals surface area contributed by atoms with E-state index in [2.05, 4.69) is 83.3 Å². The van der Waals surface area contributed by atoms with Gasteiger partial charge in [0.25, 0.3) is 0 Å². The van der Waals surface area contributed by atoms with Gasteiger partial charge in [0.15, 0.2) is 0 Å².